The number of rotatable bonds is 0. The van der Waals surface area contributed by atoms with E-state index < -0.39 is 7.51 Å². The molecule has 72 valence electrons. The van der Waals surface area contributed by atoms with Gasteiger partial charge in [0.2, 0.25) is 0 Å². The maximum absolute atomic E-state index is 5.63. The van der Waals surface area contributed by atoms with Gasteiger partial charge in [-0.2, -0.15) is 0 Å². The van der Waals surface area contributed by atoms with Gasteiger partial charge in [0.25, 0.3) is 0 Å². The third kappa shape index (κ3) is 1.28. The van der Waals surface area contributed by atoms with E-state index in [4.69, 9.17) is 18.1 Å². The van der Waals surface area contributed by atoms with Crippen LogP contribution in [0.15, 0.2) is 0 Å². The van der Waals surface area contributed by atoms with Crippen molar-refractivity contribution in [1.82, 2.24) is 0 Å². The Balaban J connectivity index is 2.18. The van der Waals surface area contributed by atoms with Crippen LogP contribution in [0.25, 0.3) is 0 Å². The quantitative estimate of drug-likeness (QED) is 0.550. The summed E-state index contributed by atoms with van der Waals surface area (Å²) >= 11 is 0. The molecule has 2 aliphatic rings. The van der Waals surface area contributed by atoms with Crippen LogP contribution in [0.4, 0.5) is 0 Å². The fourth-order valence-corrected chi connectivity index (χ4v) is 4.76. The molecule has 2 unspecified atom stereocenters. The first-order valence-corrected chi connectivity index (χ1v) is 6.55. The molecule has 0 aromatic rings. The Hall–Kier alpha value is 0.270. The van der Waals surface area contributed by atoms with Crippen molar-refractivity contribution in [3.05, 3.63) is 0 Å². The Morgan fingerprint density at radius 3 is 1.67 bits per heavy atom. The van der Waals surface area contributed by atoms with Crippen LogP contribution in [-0.2, 0) is 18.1 Å². The summed E-state index contributed by atoms with van der Waals surface area (Å²) in [6.45, 7) is 6.88. The Morgan fingerprint density at radius 1 is 1.00 bits per heavy atom. The molecule has 2 aliphatic heterocycles. The van der Waals surface area contributed by atoms with Crippen molar-refractivity contribution in [2.45, 2.75) is 26.1 Å². The zero-order chi connectivity index (χ0) is 8.84. The van der Waals surface area contributed by atoms with Crippen LogP contribution in [0.2, 0.25) is 0 Å². The predicted octanol–water partition coefficient (Wildman–Crippen LogP) is 1.70. The molecular weight excluding hydrogens is 179 g/mol. The van der Waals surface area contributed by atoms with Crippen LogP contribution in [0.1, 0.15) is 13.8 Å². The van der Waals surface area contributed by atoms with Crippen molar-refractivity contribution in [2.75, 3.05) is 19.9 Å². The molecule has 2 atom stereocenters. The Labute approximate surface area is 72.4 Å². The summed E-state index contributed by atoms with van der Waals surface area (Å²) in [6, 6.07) is 0. The van der Waals surface area contributed by atoms with Gasteiger partial charge in [-0.3, -0.25) is 0 Å². The van der Waals surface area contributed by atoms with E-state index in [1.54, 1.807) is 0 Å². The predicted molar refractivity (Wildman–Crippen MR) is 45.8 cm³/mol. The van der Waals surface area contributed by atoms with Crippen LogP contribution in [0, 0.1) is 0 Å². The van der Waals surface area contributed by atoms with E-state index in [0.717, 1.165) is 0 Å². The normalized spacial score (nSPS) is 47.4. The Kier molecular flexibility index (Phi) is 1.77. The van der Waals surface area contributed by atoms with Gasteiger partial charge >= 0.3 is 71.5 Å². The molecule has 0 aromatic heterocycles. The first-order valence-electron chi connectivity index (χ1n) is 4.20. The van der Waals surface area contributed by atoms with Crippen molar-refractivity contribution >= 4 is 7.51 Å². The van der Waals surface area contributed by atoms with Crippen LogP contribution in [0.5, 0.6) is 0 Å². The molecule has 0 N–H and O–H groups in total. The summed E-state index contributed by atoms with van der Waals surface area (Å²) in [7, 11) is -3.06. The second-order valence-electron chi connectivity index (χ2n) is 3.60. The number of hydrogen-bond acceptors (Lipinski definition) is 4. The second kappa shape index (κ2) is 2.40. The van der Waals surface area contributed by atoms with E-state index >= 15 is 0 Å². The van der Waals surface area contributed by atoms with Crippen molar-refractivity contribution < 1.29 is 18.1 Å². The summed E-state index contributed by atoms with van der Waals surface area (Å²) in [5, 5.41) is 0. The van der Waals surface area contributed by atoms with Gasteiger partial charge in [-0.15, -0.1) is 0 Å². The summed E-state index contributed by atoms with van der Waals surface area (Å²) in [6.07, 6.45) is 0.163. The van der Waals surface area contributed by atoms with Crippen molar-refractivity contribution in [2.24, 2.45) is 0 Å². The summed E-state index contributed by atoms with van der Waals surface area (Å²) in [5.74, 6) is 0. The summed E-state index contributed by atoms with van der Waals surface area (Å²) in [4.78, 5) is 0. The molecule has 0 aromatic carbocycles. The molecule has 4 nitrogen and oxygen atoms in total. The van der Waals surface area contributed by atoms with Crippen LogP contribution >= 0.6 is 7.51 Å². The fourth-order valence-electron chi connectivity index (χ4n) is 1.59. The van der Waals surface area contributed by atoms with Gasteiger partial charge in [0.15, 0.2) is 0 Å². The summed E-state index contributed by atoms with van der Waals surface area (Å²) < 4.78 is 22.3. The van der Waals surface area contributed by atoms with E-state index in [-0.39, 0.29) is 12.2 Å². The third-order valence-corrected chi connectivity index (χ3v) is 5.13. The standard InChI is InChI=1S/C7H15O4P/c1-6-4-8-12(3,10-6)9-5-7(2)11-12/h6-7H,4-5H2,1-3H3. The maximum atomic E-state index is 5.63. The first-order chi connectivity index (χ1) is 5.50. The molecule has 0 radical (unpaired) electrons. The van der Waals surface area contributed by atoms with Gasteiger partial charge in [0.05, 0.1) is 0 Å². The van der Waals surface area contributed by atoms with E-state index in [9.17, 15) is 0 Å². The van der Waals surface area contributed by atoms with Gasteiger partial charge in [-0.1, -0.05) is 0 Å². The third-order valence-electron chi connectivity index (χ3n) is 2.02. The van der Waals surface area contributed by atoms with E-state index in [1.165, 1.54) is 0 Å². The van der Waals surface area contributed by atoms with Gasteiger partial charge in [0.1, 0.15) is 0 Å². The monoisotopic (exact) mass is 194 g/mol. The van der Waals surface area contributed by atoms with Crippen LogP contribution in [-0.4, -0.2) is 32.1 Å². The van der Waals surface area contributed by atoms with Crippen molar-refractivity contribution in [1.29, 1.82) is 0 Å². The first kappa shape index (κ1) is 8.85. The molecule has 0 aliphatic carbocycles. The van der Waals surface area contributed by atoms with Gasteiger partial charge in [-0.25, -0.2) is 0 Å². The average molecular weight is 194 g/mol. The Bertz CT molecular complexity index is 188. The fraction of sp³-hybridized carbons (Fsp3) is 1.00. The second-order valence-corrected chi connectivity index (χ2v) is 6.89. The number of hydrogen-bond donors (Lipinski definition) is 0. The topological polar surface area (TPSA) is 36.9 Å². The molecule has 12 heavy (non-hydrogen) atoms. The molecule has 0 amide bonds. The zero-order valence-corrected chi connectivity index (χ0v) is 8.54. The molecule has 0 bridgehead atoms. The van der Waals surface area contributed by atoms with Gasteiger partial charge < -0.3 is 0 Å². The molecule has 2 saturated heterocycles. The molecule has 2 rings (SSSR count). The minimum atomic E-state index is -3.06. The molecule has 2 fully saturated rings. The van der Waals surface area contributed by atoms with Gasteiger partial charge in [-0.05, 0) is 0 Å². The van der Waals surface area contributed by atoms with E-state index in [1.807, 2.05) is 20.5 Å². The Morgan fingerprint density at radius 2 is 1.42 bits per heavy atom. The minimum absolute atomic E-state index is 0.0815. The molecule has 1 spiro atoms. The summed E-state index contributed by atoms with van der Waals surface area (Å²) in [5.41, 5.74) is 0. The molecule has 0 saturated carbocycles. The molecule has 2 heterocycles. The SMILES string of the molecule is CC1COP2(C)(OCC(C)O2)O1. The van der Waals surface area contributed by atoms with Crippen molar-refractivity contribution in [3.8, 4) is 0 Å². The van der Waals surface area contributed by atoms with E-state index in [2.05, 4.69) is 0 Å². The van der Waals surface area contributed by atoms with Crippen molar-refractivity contribution in [3.63, 3.8) is 0 Å². The molecule has 5 heteroatoms. The van der Waals surface area contributed by atoms with Crippen LogP contribution < -0.4 is 0 Å². The zero-order valence-electron chi connectivity index (χ0n) is 7.65. The average Bonchev–Trinajstić information content (AvgIpc) is 2.40. The van der Waals surface area contributed by atoms with Gasteiger partial charge in [0, 0.05) is 0 Å². The molecular formula is C7H15O4P. The van der Waals surface area contributed by atoms with E-state index in [0.29, 0.717) is 13.2 Å². The van der Waals surface area contributed by atoms with Crippen LogP contribution in [0.3, 0.4) is 0 Å².